The van der Waals surface area contributed by atoms with Gasteiger partial charge in [0.05, 0.1) is 18.9 Å². The van der Waals surface area contributed by atoms with Crippen molar-refractivity contribution >= 4 is 17.4 Å². The van der Waals surface area contributed by atoms with E-state index in [2.05, 4.69) is 27.4 Å². The highest BCUT2D eigenvalue weighted by Crippen LogP contribution is 2.40. The first-order chi connectivity index (χ1) is 9.29. The third-order valence-corrected chi connectivity index (χ3v) is 4.57. The number of rotatable bonds is 2. The summed E-state index contributed by atoms with van der Waals surface area (Å²) in [4.78, 5) is 8.67. The van der Waals surface area contributed by atoms with Crippen LogP contribution in [-0.2, 0) is 17.8 Å². The highest BCUT2D eigenvalue weighted by atomic mass is 35.5. The molecule has 0 spiro atoms. The molecule has 0 radical (unpaired) electrons. The number of fused-ring (bicyclic) bond motifs is 3. The smallest absolute Gasteiger partial charge is 0.224 e. The molecule has 1 N–H and O–H groups in total. The summed E-state index contributed by atoms with van der Waals surface area (Å²) < 4.78 is 5.44. The second-order valence-electron chi connectivity index (χ2n) is 5.60. The van der Waals surface area contributed by atoms with E-state index in [0.717, 1.165) is 30.5 Å². The number of ether oxygens (including phenoxy) is 1. The summed E-state index contributed by atoms with van der Waals surface area (Å²) in [6.45, 7) is 1.28. The Morgan fingerprint density at radius 2 is 2.21 bits per heavy atom. The zero-order valence-electron chi connectivity index (χ0n) is 10.6. The summed E-state index contributed by atoms with van der Waals surface area (Å²) >= 11 is 6.01. The van der Waals surface area contributed by atoms with E-state index in [1.807, 2.05) is 0 Å². The Morgan fingerprint density at radius 3 is 3.00 bits per heavy atom. The Hall–Kier alpha value is -1.13. The predicted molar refractivity (Wildman–Crippen MR) is 73.2 cm³/mol. The lowest BCUT2D eigenvalue weighted by atomic mass is 10.0. The van der Waals surface area contributed by atoms with Gasteiger partial charge in [0, 0.05) is 18.0 Å². The molecule has 2 aliphatic carbocycles. The van der Waals surface area contributed by atoms with Gasteiger partial charge in [-0.3, -0.25) is 0 Å². The van der Waals surface area contributed by atoms with E-state index in [1.54, 1.807) is 0 Å². The fraction of sp³-hybridized carbons (Fsp3) is 0.571. The molecule has 1 aliphatic heterocycles. The first kappa shape index (κ1) is 11.7. The number of anilines is 1. The Morgan fingerprint density at radius 1 is 1.26 bits per heavy atom. The van der Waals surface area contributed by atoms with Crippen LogP contribution in [0, 0.1) is 11.8 Å². The fourth-order valence-corrected chi connectivity index (χ4v) is 3.65. The standard InChI is InChI=1S/C14H16ClN3O/c15-14-17-12-7-19-4-3-10(12)13(18-14)16-11-6-8-1-2-9(11)5-8/h1-2,8-9,11H,3-7H2,(H,16,17,18). The fourth-order valence-electron chi connectivity index (χ4n) is 3.47. The minimum atomic E-state index is 0.311. The van der Waals surface area contributed by atoms with Crippen LogP contribution in [0.4, 0.5) is 5.82 Å². The number of nitrogens with one attached hydrogen (secondary N) is 1. The SMILES string of the molecule is Clc1nc2c(c(NC3CC4C=CC3C4)n1)CCOC2. The predicted octanol–water partition coefficient (Wildman–Crippen LogP) is 2.58. The zero-order valence-corrected chi connectivity index (χ0v) is 11.4. The molecule has 19 heavy (non-hydrogen) atoms. The minimum Gasteiger partial charge on any atom is -0.375 e. The summed E-state index contributed by atoms with van der Waals surface area (Å²) in [6, 6.07) is 0.493. The topological polar surface area (TPSA) is 47.0 Å². The van der Waals surface area contributed by atoms with Gasteiger partial charge in [-0.25, -0.2) is 9.97 Å². The molecule has 1 aromatic heterocycles. The maximum absolute atomic E-state index is 6.01. The number of hydrogen-bond acceptors (Lipinski definition) is 4. The average molecular weight is 278 g/mol. The summed E-state index contributed by atoms with van der Waals surface area (Å²) in [5, 5.41) is 3.91. The Kier molecular flexibility index (Phi) is 2.74. The van der Waals surface area contributed by atoms with Crippen LogP contribution in [-0.4, -0.2) is 22.6 Å². The van der Waals surface area contributed by atoms with E-state index in [-0.39, 0.29) is 0 Å². The summed E-state index contributed by atoms with van der Waals surface area (Å²) in [5.74, 6) is 2.32. The number of aromatic nitrogens is 2. The van der Waals surface area contributed by atoms with Crippen molar-refractivity contribution in [3.05, 3.63) is 28.7 Å². The molecular weight excluding hydrogens is 262 g/mol. The Bertz CT molecular complexity index is 546. The van der Waals surface area contributed by atoms with Crippen LogP contribution >= 0.6 is 11.6 Å². The van der Waals surface area contributed by atoms with Crippen molar-refractivity contribution in [3.8, 4) is 0 Å². The molecule has 5 heteroatoms. The Balaban J connectivity index is 1.64. The molecule has 1 fully saturated rings. The normalized spacial score (nSPS) is 31.5. The van der Waals surface area contributed by atoms with Crippen LogP contribution < -0.4 is 5.32 Å². The van der Waals surface area contributed by atoms with Crippen molar-refractivity contribution in [1.82, 2.24) is 9.97 Å². The first-order valence-electron chi connectivity index (χ1n) is 6.87. The van der Waals surface area contributed by atoms with Gasteiger partial charge in [-0.2, -0.15) is 0 Å². The molecule has 2 heterocycles. The molecule has 4 rings (SSSR count). The van der Waals surface area contributed by atoms with Crippen molar-refractivity contribution < 1.29 is 4.74 Å². The molecule has 0 aromatic carbocycles. The van der Waals surface area contributed by atoms with E-state index < -0.39 is 0 Å². The molecule has 3 unspecified atom stereocenters. The van der Waals surface area contributed by atoms with Crippen molar-refractivity contribution in [2.24, 2.45) is 11.8 Å². The van der Waals surface area contributed by atoms with Crippen LogP contribution in [0.2, 0.25) is 5.28 Å². The summed E-state index contributed by atoms with van der Waals surface area (Å²) in [7, 11) is 0. The van der Waals surface area contributed by atoms with Crippen molar-refractivity contribution in [2.45, 2.75) is 31.9 Å². The minimum absolute atomic E-state index is 0.311. The van der Waals surface area contributed by atoms with Crippen molar-refractivity contribution in [2.75, 3.05) is 11.9 Å². The first-order valence-corrected chi connectivity index (χ1v) is 7.25. The maximum Gasteiger partial charge on any atom is 0.224 e. The van der Waals surface area contributed by atoms with Gasteiger partial charge in [0.1, 0.15) is 5.82 Å². The Labute approximate surface area is 117 Å². The quantitative estimate of drug-likeness (QED) is 0.667. The van der Waals surface area contributed by atoms with Gasteiger partial charge in [0.15, 0.2) is 0 Å². The number of hydrogen-bond donors (Lipinski definition) is 1. The molecule has 0 saturated heterocycles. The van der Waals surface area contributed by atoms with Gasteiger partial charge < -0.3 is 10.1 Å². The van der Waals surface area contributed by atoms with E-state index in [4.69, 9.17) is 16.3 Å². The van der Waals surface area contributed by atoms with E-state index in [9.17, 15) is 0 Å². The van der Waals surface area contributed by atoms with Crippen LogP contribution in [0.3, 0.4) is 0 Å². The molecule has 3 atom stereocenters. The number of nitrogens with zero attached hydrogens (tertiary/aromatic N) is 2. The number of halogens is 1. The second-order valence-corrected chi connectivity index (χ2v) is 5.94. The average Bonchev–Trinajstić information content (AvgIpc) is 3.01. The van der Waals surface area contributed by atoms with Gasteiger partial charge in [-0.15, -0.1) is 0 Å². The zero-order chi connectivity index (χ0) is 12.8. The maximum atomic E-state index is 6.01. The van der Waals surface area contributed by atoms with Crippen LogP contribution in [0.15, 0.2) is 12.2 Å². The van der Waals surface area contributed by atoms with Gasteiger partial charge in [-0.1, -0.05) is 12.2 Å². The highest BCUT2D eigenvalue weighted by Gasteiger charge is 2.36. The molecular formula is C14H16ClN3O. The molecule has 1 saturated carbocycles. The van der Waals surface area contributed by atoms with Crippen molar-refractivity contribution in [1.29, 1.82) is 0 Å². The monoisotopic (exact) mass is 277 g/mol. The molecule has 4 nitrogen and oxygen atoms in total. The van der Waals surface area contributed by atoms with E-state index in [0.29, 0.717) is 23.9 Å². The highest BCUT2D eigenvalue weighted by molar-refractivity contribution is 6.28. The van der Waals surface area contributed by atoms with Gasteiger partial charge in [0.2, 0.25) is 5.28 Å². The van der Waals surface area contributed by atoms with Gasteiger partial charge in [0.25, 0.3) is 0 Å². The number of allylic oxidation sites excluding steroid dienone is 1. The molecule has 100 valence electrons. The van der Waals surface area contributed by atoms with Gasteiger partial charge in [-0.05, 0) is 36.3 Å². The van der Waals surface area contributed by atoms with E-state index >= 15 is 0 Å². The third kappa shape index (κ3) is 2.03. The summed E-state index contributed by atoms with van der Waals surface area (Å²) in [6.07, 6.45) is 8.03. The third-order valence-electron chi connectivity index (χ3n) is 4.40. The lowest BCUT2D eigenvalue weighted by Crippen LogP contribution is -2.27. The lowest BCUT2D eigenvalue weighted by molar-refractivity contribution is 0.107. The van der Waals surface area contributed by atoms with Crippen molar-refractivity contribution in [3.63, 3.8) is 0 Å². The second kappa shape index (κ2) is 4.46. The molecule has 2 bridgehead atoms. The van der Waals surface area contributed by atoms with Gasteiger partial charge >= 0.3 is 0 Å². The van der Waals surface area contributed by atoms with E-state index in [1.165, 1.54) is 18.4 Å². The largest absolute Gasteiger partial charge is 0.375 e. The summed E-state index contributed by atoms with van der Waals surface area (Å²) in [5.41, 5.74) is 2.12. The molecule has 0 amide bonds. The lowest BCUT2D eigenvalue weighted by Gasteiger charge is -2.24. The molecule has 3 aliphatic rings. The van der Waals surface area contributed by atoms with Crippen LogP contribution in [0.5, 0.6) is 0 Å². The molecule has 1 aromatic rings. The van der Waals surface area contributed by atoms with Crippen LogP contribution in [0.25, 0.3) is 0 Å². The van der Waals surface area contributed by atoms with Crippen LogP contribution in [0.1, 0.15) is 24.1 Å².